The van der Waals surface area contributed by atoms with Gasteiger partial charge in [0.25, 0.3) is 0 Å². The van der Waals surface area contributed by atoms with E-state index in [0.717, 1.165) is 33.4 Å². The minimum Gasteiger partial charge on any atom is -0.872 e. The minimum atomic E-state index is -0.135. The molecule has 0 unspecified atom stereocenters. The van der Waals surface area contributed by atoms with Gasteiger partial charge in [0.15, 0.2) is 0 Å². The zero-order chi connectivity index (χ0) is 24.9. The van der Waals surface area contributed by atoms with Crippen LogP contribution in [0.25, 0.3) is 22.3 Å². The van der Waals surface area contributed by atoms with E-state index in [4.69, 9.17) is 0 Å². The second-order valence-electron chi connectivity index (χ2n) is 10.6. The van der Waals surface area contributed by atoms with Crippen LogP contribution in [0.15, 0.2) is 97.1 Å². The molecule has 4 aromatic rings. The molecule has 4 aromatic carbocycles. The molecule has 0 saturated heterocycles. The molecule has 0 aliphatic carbocycles. The van der Waals surface area contributed by atoms with Gasteiger partial charge in [-0.05, 0) is 44.2 Å². The molecule has 0 radical (unpaired) electrons. The van der Waals surface area contributed by atoms with E-state index in [0.29, 0.717) is 0 Å². The second kappa shape index (κ2) is 11.8. The van der Waals surface area contributed by atoms with Crippen LogP contribution in [0, 0.1) is 0 Å². The van der Waals surface area contributed by atoms with Crippen molar-refractivity contribution in [2.24, 2.45) is 0 Å². The second-order valence-corrected chi connectivity index (χ2v) is 10.6. The van der Waals surface area contributed by atoms with Crippen LogP contribution in [0.5, 0.6) is 11.5 Å². The summed E-state index contributed by atoms with van der Waals surface area (Å²) in [4.78, 5) is 0. The average molecular weight is 475 g/mol. The van der Waals surface area contributed by atoms with Gasteiger partial charge in [0.05, 0.1) is 0 Å². The predicted molar refractivity (Wildman–Crippen MR) is 146 cm³/mol. The number of rotatable bonds is 2. The number of hydrogen-bond acceptors (Lipinski definition) is 2. The number of hydrogen-bond donors (Lipinski definition) is 0. The van der Waals surface area contributed by atoms with Crippen molar-refractivity contribution in [3.8, 4) is 33.8 Å². The Morgan fingerprint density at radius 1 is 0.429 bits per heavy atom. The van der Waals surface area contributed by atoms with Crippen molar-refractivity contribution in [2.45, 2.75) is 52.4 Å². The SMILES string of the molecule is CC(C)(C)c1c([O-])cccc1-c1ccccc1.CC(C)(C)c1c([O-])cccc1-c1ccccc1.[Mg+2]. The quantitative estimate of drug-likeness (QED) is 0.292. The van der Waals surface area contributed by atoms with Gasteiger partial charge in [-0.3, -0.25) is 0 Å². The van der Waals surface area contributed by atoms with Crippen molar-refractivity contribution in [1.29, 1.82) is 0 Å². The van der Waals surface area contributed by atoms with Crippen LogP contribution in [0.3, 0.4) is 0 Å². The molecule has 0 aliphatic rings. The standard InChI is InChI=1S/2C16H18O.Mg/c2*1-16(2,3)15-13(10-7-11-14(15)17)12-8-5-4-6-9-12;/h2*4-11,17H,1-3H3;/q;;+2/p-2. The van der Waals surface area contributed by atoms with Gasteiger partial charge in [0.1, 0.15) is 0 Å². The van der Waals surface area contributed by atoms with E-state index in [1.807, 2.05) is 84.9 Å². The van der Waals surface area contributed by atoms with Crippen molar-refractivity contribution in [3.63, 3.8) is 0 Å². The first-order chi connectivity index (χ1) is 16.0. The fourth-order valence-corrected chi connectivity index (χ4v) is 4.33. The van der Waals surface area contributed by atoms with Crippen molar-refractivity contribution in [2.75, 3.05) is 0 Å². The molecular formula is C32H34MgO2. The third-order valence-electron chi connectivity index (χ3n) is 5.72. The molecule has 2 nitrogen and oxygen atoms in total. The smallest absolute Gasteiger partial charge is 0.872 e. The Morgan fingerprint density at radius 3 is 1.03 bits per heavy atom. The Morgan fingerprint density at radius 2 is 0.743 bits per heavy atom. The van der Waals surface area contributed by atoms with E-state index >= 15 is 0 Å². The van der Waals surface area contributed by atoms with Crippen molar-refractivity contribution in [3.05, 3.63) is 108 Å². The topological polar surface area (TPSA) is 46.1 Å². The van der Waals surface area contributed by atoms with Crippen LogP contribution >= 0.6 is 0 Å². The summed E-state index contributed by atoms with van der Waals surface area (Å²) in [7, 11) is 0. The maximum Gasteiger partial charge on any atom is 2.00 e. The Labute approximate surface area is 226 Å². The summed E-state index contributed by atoms with van der Waals surface area (Å²) in [6.45, 7) is 12.5. The van der Waals surface area contributed by atoms with Crippen LogP contribution in [-0.4, -0.2) is 23.1 Å². The molecule has 176 valence electrons. The van der Waals surface area contributed by atoms with E-state index in [9.17, 15) is 10.2 Å². The van der Waals surface area contributed by atoms with Crippen LogP contribution < -0.4 is 10.2 Å². The summed E-state index contributed by atoms with van der Waals surface area (Å²) in [5, 5.41) is 24.1. The Balaban J connectivity index is 0.000000240. The molecule has 0 bridgehead atoms. The Hall–Kier alpha value is -2.75. The van der Waals surface area contributed by atoms with Crippen LogP contribution in [0.2, 0.25) is 0 Å². The van der Waals surface area contributed by atoms with E-state index in [2.05, 4.69) is 41.5 Å². The molecule has 3 heteroatoms. The van der Waals surface area contributed by atoms with Gasteiger partial charge in [0, 0.05) is 0 Å². The molecule has 0 heterocycles. The van der Waals surface area contributed by atoms with Gasteiger partial charge in [-0.1, -0.05) is 139 Å². The zero-order valence-corrected chi connectivity index (χ0v) is 23.2. The van der Waals surface area contributed by atoms with Gasteiger partial charge >= 0.3 is 23.1 Å². The van der Waals surface area contributed by atoms with Gasteiger partial charge in [0.2, 0.25) is 0 Å². The van der Waals surface area contributed by atoms with Crippen molar-refractivity contribution >= 4 is 23.1 Å². The molecule has 4 rings (SSSR count). The van der Waals surface area contributed by atoms with Crippen molar-refractivity contribution < 1.29 is 10.2 Å². The third kappa shape index (κ3) is 7.12. The summed E-state index contributed by atoms with van der Waals surface area (Å²) in [5.74, 6) is 0.248. The molecule has 0 spiro atoms. The predicted octanol–water partition coefficient (Wildman–Crippen LogP) is 7.07. The van der Waals surface area contributed by atoms with Gasteiger partial charge < -0.3 is 10.2 Å². The maximum atomic E-state index is 12.1. The molecule has 0 aromatic heterocycles. The van der Waals surface area contributed by atoms with Crippen LogP contribution in [-0.2, 0) is 10.8 Å². The van der Waals surface area contributed by atoms with E-state index in [1.54, 1.807) is 12.1 Å². The van der Waals surface area contributed by atoms with E-state index in [1.165, 1.54) is 0 Å². The zero-order valence-electron chi connectivity index (χ0n) is 21.8. The minimum absolute atomic E-state index is 0. The molecule has 0 amide bonds. The molecule has 0 fully saturated rings. The summed E-state index contributed by atoms with van der Waals surface area (Å²) in [5.41, 5.74) is 5.83. The van der Waals surface area contributed by atoms with Gasteiger partial charge in [-0.25, -0.2) is 0 Å². The Bertz CT molecular complexity index is 1120. The molecule has 0 saturated carbocycles. The molecule has 35 heavy (non-hydrogen) atoms. The normalized spacial score (nSPS) is 11.1. The van der Waals surface area contributed by atoms with E-state index < -0.39 is 0 Å². The molecular weight excluding hydrogens is 441 g/mol. The third-order valence-corrected chi connectivity index (χ3v) is 5.72. The van der Waals surface area contributed by atoms with Crippen LogP contribution in [0.1, 0.15) is 52.7 Å². The van der Waals surface area contributed by atoms with Gasteiger partial charge in [-0.15, -0.1) is 11.5 Å². The molecule has 0 aliphatic heterocycles. The average Bonchev–Trinajstić information content (AvgIpc) is 2.79. The number of benzene rings is 4. The maximum absolute atomic E-state index is 12.1. The van der Waals surface area contributed by atoms with Crippen molar-refractivity contribution in [1.82, 2.24) is 0 Å². The first kappa shape index (κ1) is 28.5. The monoisotopic (exact) mass is 474 g/mol. The molecule has 0 atom stereocenters. The summed E-state index contributed by atoms with van der Waals surface area (Å²) >= 11 is 0. The summed E-state index contributed by atoms with van der Waals surface area (Å²) < 4.78 is 0. The summed E-state index contributed by atoms with van der Waals surface area (Å²) in [6, 6.07) is 31.2. The fraction of sp³-hybridized carbons (Fsp3) is 0.250. The van der Waals surface area contributed by atoms with Crippen LogP contribution in [0.4, 0.5) is 0 Å². The summed E-state index contributed by atoms with van der Waals surface area (Å²) in [6.07, 6.45) is 0. The largest absolute Gasteiger partial charge is 2.00 e. The first-order valence-electron chi connectivity index (χ1n) is 11.7. The Kier molecular flexibility index (Phi) is 9.59. The first-order valence-corrected chi connectivity index (χ1v) is 11.7. The molecule has 0 N–H and O–H groups in total. The van der Waals surface area contributed by atoms with Gasteiger partial charge in [-0.2, -0.15) is 0 Å². The fourth-order valence-electron chi connectivity index (χ4n) is 4.33. The van der Waals surface area contributed by atoms with E-state index in [-0.39, 0.29) is 45.4 Å².